The summed E-state index contributed by atoms with van der Waals surface area (Å²) in [4.78, 5) is 5.04. The molecule has 0 radical (unpaired) electrons. The third-order valence-corrected chi connectivity index (χ3v) is 2.49. The molecule has 0 fully saturated rings. The van der Waals surface area contributed by atoms with E-state index < -0.39 is 0 Å². The third kappa shape index (κ3) is 6.15. The van der Waals surface area contributed by atoms with E-state index >= 15 is 0 Å². The van der Waals surface area contributed by atoms with Crippen LogP contribution in [0.15, 0.2) is 36.2 Å². The minimum atomic E-state index is 0.226. The molecule has 1 atom stereocenters. The second-order valence-corrected chi connectivity index (χ2v) is 4.26. The van der Waals surface area contributed by atoms with Crippen molar-refractivity contribution in [2.45, 2.75) is 40.2 Å². The van der Waals surface area contributed by atoms with E-state index in [0.717, 1.165) is 23.6 Å². The second-order valence-electron chi connectivity index (χ2n) is 4.26. The van der Waals surface area contributed by atoms with Crippen molar-refractivity contribution in [2.24, 2.45) is 0 Å². The molecule has 106 valence electrons. The van der Waals surface area contributed by atoms with Gasteiger partial charge in [-0.1, -0.05) is 6.92 Å². The molecule has 0 aliphatic heterocycles. The zero-order chi connectivity index (χ0) is 14.1. The lowest BCUT2D eigenvalue weighted by atomic mass is 10.3. The Morgan fingerprint density at radius 2 is 1.84 bits per heavy atom. The molecular weight excluding hydrogens is 242 g/mol. The van der Waals surface area contributed by atoms with Gasteiger partial charge in [-0.2, -0.15) is 0 Å². The molecule has 0 spiro atoms. The van der Waals surface area contributed by atoms with Gasteiger partial charge in [0.2, 0.25) is 0 Å². The monoisotopic (exact) mass is 265 g/mol. The standard InChI is InChI=1S/C15H23NO3/c1-5-13(4)19-15-9-7-14(8-10-15)17-11-12(3)16-18-6-2/h7-11,13,16H,5-6H2,1-4H3. The fourth-order valence-corrected chi connectivity index (χ4v) is 1.28. The van der Waals surface area contributed by atoms with Crippen LogP contribution >= 0.6 is 0 Å². The molecule has 4 nitrogen and oxygen atoms in total. The molecule has 0 heterocycles. The van der Waals surface area contributed by atoms with Gasteiger partial charge in [0.15, 0.2) is 0 Å². The molecule has 1 N–H and O–H groups in total. The number of hydrogen-bond donors (Lipinski definition) is 1. The minimum Gasteiger partial charge on any atom is -0.491 e. The van der Waals surface area contributed by atoms with Crippen molar-refractivity contribution < 1.29 is 14.3 Å². The molecule has 1 aromatic rings. The molecule has 1 aromatic carbocycles. The van der Waals surface area contributed by atoms with Crippen LogP contribution in [0.1, 0.15) is 34.1 Å². The molecule has 0 aromatic heterocycles. The van der Waals surface area contributed by atoms with Crippen molar-refractivity contribution in [2.75, 3.05) is 6.61 Å². The van der Waals surface area contributed by atoms with E-state index in [1.165, 1.54) is 0 Å². The van der Waals surface area contributed by atoms with Gasteiger partial charge >= 0.3 is 0 Å². The Morgan fingerprint density at radius 3 is 2.42 bits per heavy atom. The molecule has 1 unspecified atom stereocenters. The lowest BCUT2D eigenvalue weighted by Gasteiger charge is -2.12. The molecule has 0 bridgehead atoms. The summed E-state index contributed by atoms with van der Waals surface area (Å²) in [7, 11) is 0. The summed E-state index contributed by atoms with van der Waals surface area (Å²) in [5.74, 6) is 1.61. The number of benzene rings is 1. The topological polar surface area (TPSA) is 39.7 Å². The highest BCUT2D eigenvalue weighted by atomic mass is 16.6. The summed E-state index contributed by atoms with van der Waals surface area (Å²) in [6.07, 6.45) is 2.83. The van der Waals surface area contributed by atoms with Crippen LogP contribution in [0.5, 0.6) is 11.5 Å². The zero-order valence-electron chi connectivity index (χ0n) is 12.1. The van der Waals surface area contributed by atoms with Crippen LogP contribution in [0.2, 0.25) is 0 Å². The Kier molecular flexibility index (Phi) is 6.82. The number of nitrogens with one attached hydrogen (secondary N) is 1. The van der Waals surface area contributed by atoms with Crippen molar-refractivity contribution in [3.63, 3.8) is 0 Å². The van der Waals surface area contributed by atoms with Gasteiger partial charge < -0.3 is 9.47 Å². The van der Waals surface area contributed by atoms with E-state index in [1.807, 2.05) is 38.1 Å². The average molecular weight is 265 g/mol. The number of rotatable bonds is 8. The van der Waals surface area contributed by atoms with Crippen LogP contribution < -0.4 is 15.0 Å². The first-order chi connectivity index (χ1) is 9.15. The van der Waals surface area contributed by atoms with Crippen LogP contribution in [0.3, 0.4) is 0 Å². The van der Waals surface area contributed by atoms with Crippen LogP contribution in [-0.4, -0.2) is 12.7 Å². The smallest absolute Gasteiger partial charge is 0.126 e. The lowest BCUT2D eigenvalue weighted by molar-refractivity contribution is 0.0720. The number of allylic oxidation sites excluding steroid dienone is 1. The highest BCUT2D eigenvalue weighted by molar-refractivity contribution is 5.31. The number of hydrogen-bond acceptors (Lipinski definition) is 4. The zero-order valence-corrected chi connectivity index (χ0v) is 12.1. The fraction of sp³-hybridized carbons (Fsp3) is 0.467. The maximum Gasteiger partial charge on any atom is 0.126 e. The van der Waals surface area contributed by atoms with Crippen LogP contribution in [-0.2, 0) is 4.84 Å². The number of ether oxygens (including phenoxy) is 2. The maximum atomic E-state index is 5.69. The summed E-state index contributed by atoms with van der Waals surface area (Å²) in [6, 6.07) is 7.56. The quantitative estimate of drug-likeness (QED) is 0.575. The predicted octanol–water partition coefficient (Wildman–Crippen LogP) is 3.65. The van der Waals surface area contributed by atoms with Gasteiger partial charge in [-0.05, 0) is 51.5 Å². The molecule has 0 aliphatic carbocycles. The predicted molar refractivity (Wildman–Crippen MR) is 76.0 cm³/mol. The third-order valence-electron chi connectivity index (χ3n) is 2.49. The Balaban J connectivity index is 2.48. The van der Waals surface area contributed by atoms with Gasteiger partial charge in [0, 0.05) is 0 Å². The number of hydroxylamine groups is 1. The van der Waals surface area contributed by atoms with Gasteiger partial charge in [-0.15, -0.1) is 0 Å². The Labute approximate surface area is 115 Å². The average Bonchev–Trinajstić information content (AvgIpc) is 2.44. The first-order valence-electron chi connectivity index (χ1n) is 6.63. The molecule has 0 amide bonds. The van der Waals surface area contributed by atoms with Crippen molar-refractivity contribution in [3.05, 3.63) is 36.2 Å². The molecule has 0 saturated carbocycles. The summed E-state index contributed by atoms with van der Waals surface area (Å²) in [5.41, 5.74) is 3.57. The summed E-state index contributed by atoms with van der Waals surface area (Å²) < 4.78 is 11.2. The molecule has 19 heavy (non-hydrogen) atoms. The van der Waals surface area contributed by atoms with Crippen LogP contribution in [0, 0.1) is 0 Å². The van der Waals surface area contributed by atoms with E-state index in [4.69, 9.17) is 14.3 Å². The van der Waals surface area contributed by atoms with Crippen molar-refractivity contribution >= 4 is 0 Å². The molecule has 0 saturated heterocycles. The van der Waals surface area contributed by atoms with Gasteiger partial charge in [0.05, 0.1) is 18.4 Å². The van der Waals surface area contributed by atoms with Crippen molar-refractivity contribution in [3.8, 4) is 11.5 Å². The molecule has 4 heteroatoms. The highest BCUT2D eigenvalue weighted by Crippen LogP contribution is 2.19. The first kappa shape index (κ1) is 15.4. The normalized spacial score (nSPS) is 12.9. The van der Waals surface area contributed by atoms with E-state index in [1.54, 1.807) is 6.26 Å². The summed E-state index contributed by atoms with van der Waals surface area (Å²) >= 11 is 0. The largest absolute Gasteiger partial charge is 0.491 e. The van der Waals surface area contributed by atoms with Gasteiger partial charge in [-0.25, -0.2) is 0 Å². The first-order valence-corrected chi connectivity index (χ1v) is 6.63. The van der Waals surface area contributed by atoms with Gasteiger partial charge in [-0.3, -0.25) is 10.3 Å². The van der Waals surface area contributed by atoms with E-state index in [-0.39, 0.29) is 6.10 Å². The van der Waals surface area contributed by atoms with Gasteiger partial charge in [0.1, 0.15) is 17.8 Å². The Morgan fingerprint density at radius 1 is 1.21 bits per heavy atom. The second kappa shape index (κ2) is 8.43. The van der Waals surface area contributed by atoms with E-state index in [9.17, 15) is 0 Å². The highest BCUT2D eigenvalue weighted by Gasteiger charge is 2.01. The van der Waals surface area contributed by atoms with E-state index in [0.29, 0.717) is 6.61 Å². The molecule has 1 rings (SSSR count). The van der Waals surface area contributed by atoms with E-state index in [2.05, 4.69) is 19.3 Å². The van der Waals surface area contributed by atoms with Crippen molar-refractivity contribution in [1.29, 1.82) is 0 Å². The van der Waals surface area contributed by atoms with Crippen LogP contribution in [0.25, 0.3) is 0 Å². The summed E-state index contributed by atoms with van der Waals surface area (Å²) in [6.45, 7) is 8.54. The van der Waals surface area contributed by atoms with Gasteiger partial charge in [0.25, 0.3) is 0 Å². The lowest BCUT2D eigenvalue weighted by Crippen LogP contribution is -2.12. The Bertz CT molecular complexity index is 387. The Hall–Kier alpha value is -1.68. The summed E-state index contributed by atoms with van der Waals surface area (Å²) in [5, 5.41) is 0. The maximum absolute atomic E-state index is 5.69. The SMILES string of the molecule is CCONC(C)=COc1ccc(OC(C)CC)cc1. The fourth-order valence-electron chi connectivity index (χ4n) is 1.28. The molecular formula is C15H23NO3. The van der Waals surface area contributed by atoms with Crippen LogP contribution in [0.4, 0.5) is 0 Å². The van der Waals surface area contributed by atoms with Crippen molar-refractivity contribution in [1.82, 2.24) is 5.48 Å². The minimum absolute atomic E-state index is 0.226. The molecule has 0 aliphatic rings.